The minimum absolute atomic E-state index is 0.0841. The first kappa shape index (κ1) is 13.9. The van der Waals surface area contributed by atoms with Gasteiger partial charge in [0.25, 0.3) is 0 Å². The average molecular weight is 211 g/mol. The van der Waals surface area contributed by atoms with E-state index in [1.54, 1.807) is 4.90 Å². The van der Waals surface area contributed by atoms with Gasteiger partial charge in [0, 0.05) is 13.1 Å². The first-order valence-electron chi connectivity index (χ1n) is 5.47. The van der Waals surface area contributed by atoms with E-state index in [0.717, 1.165) is 13.1 Å². The van der Waals surface area contributed by atoms with Crippen molar-refractivity contribution in [1.29, 1.82) is 5.26 Å². The largest absolute Gasteiger partial charge is 0.340 e. The molecule has 0 aliphatic carbocycles. The zero-order chi connectivity index (χ0) is 11.7. The summed E-state index contributed by atoms with van der Waals surface area (Å²) in [5.74, 6) is 0.523. The Bertz CT molecular complexity index is 220. The van der Waals surface area contributed by atoms with E-state index in [9.17, 15) is 4.79 Å². The second-order valence-electron chi connectivity index (χ2n) is 3.92. The fourth-order valence-corrected chi connectivity index (χ4v) is 1.29. The highest BCUT2D eigenvalue weighted by Crippen LogP contribution is 2.00. The van der Waals surface area contributed by atoms with Crippen molar-refractivity contribution in [2.24, 2.45) is 5.92 Å². The summed E-state index contributed by atoms with van der Waals surface area (Å²) in [6, 6.07) is 2.07. The summed E-state index contributed by atoms with van der Waals surface area (Å²) in [7, 11) is 0. The van der Waals surface area contributed by atoms with Crippen molar-refractivity contribution < 1.29 is 4.79 Å². The summed E-state index contributed by atoms with van der Waals surface area (Å²) < 4.78 is 0. The SMILES string of the molecule is CCNCC(=O)N(CCC#N)CC(C)C. The Balaban J connectivity index is 4.09. The lowest BCUT2D eigenvalue weighted by molar-refractivity contribution is -0.130. The second kappa shape index (κ2) is 8.25. The molecule has 0 spiro atoms. The van der Waals surface area contributed by atoms with Gasteiger partial charge in [0.05, 0.1) is 19.0 Å². The minimum atomic E-state index is 0.0841. The molecule has 0 aromatic carbocycles. The zero-order valence-corrected chi connectivity index (χ0v) is 9.92. The quantitative estimate of drug-likeness (QED) is 0.683. The molecule has 0 heterocycles. The molecule has 4 heteroatoms. The molecule has 0 aromatic rings. The van der Waals surface area contributed by atoms with Crippen molar-refractivity contribution in [2.75, 3.05) is 26.2 Å². The molecule has 1 amide bonds. The van der Waals surface area contributed by atoms with Gasteiger partial charge in [-0.2, -0.15) is 5.26 Å². The monoisotopic (exact) mass is 211 g/mol. The normalized spacial score (nSPS) is 10.1. The van der Waals surface area contributed by atoms with Gasteiger partial charge in [0.2, 0.25) is 5.91 Å². The Morgan fingerprint density at radius 1 is 1.53 bits per heavy atom. The highest BCUT2D eigenvalue weighted by Gasteiger charge is 2.13. The number of hydrogen-bond acceptors (Lipinski definition) is 3. The molecule has 15 heavy (non-hydrogen) atoms. The molecule has 0 unspecified atom stereocenters. The van der Waals surface area contributed by atoms with Gasteiger partial charge in [-0.1, -0.05) is 20.8 Å². The van der Waals surface area contributed by atoms with Crippen molar-refractivity contribution in [3.05, 3.63) is 0 Å². The predicted octanol–water partition coefficient (Wildman–Crippen LogP) is 0.994. The Labute approximate surface area is 92.3 Å². The van der Waals surface area contributed by atoms with Crippen LogP contribution in [0.1, 0.15) is 27.2 Å². The Kier molecular flexibility index (Phi) is 7.65. The van der Waals surface area contributed by atoms with Crippen molar-refractivity contribution in [2.45, 2.75) is 27.2 Å². The molecule has 0 radical (unpaired) electrons. The molecule has 1 N–H and O–H groups in total. The number of nitriles is 1. The predicted molar refractivity (Wildman–Crippen MR) is 60.2 cm³/mol. The van der Waals surface area contributed by atoms with Crippen LogP contribution >= 0.6 is 0 Å². The number of nitrogens with zero attached hydrogens (tertiary/aromatic N) is 2. The van der Waals surface area contributed by atoms with Crippen molar-refractivity contribution in [3.63, 3.8) is 0 Å². The maximum Gasteiger partial charge on any atom is 0.236 e. The van der Waals surface area contributed by atoms with E-state index in [4.69, 9.17) is 5.26 Å². The third-order valence-corrected chi connectivity index (χ3v) is 1.96. The van der Waals surface area contributed by atoms with Gasteiger partial charge in [0.1, 0.15) is 0 Å². The Morgan fingerprint density at radius 3 is 2.67 bits per heavy atom. The molecule has 0 rings (SSSR count). The molecule has 0 bridgehead atoms. The summed E-state index contributed by atoms with van der Waals surface area (Å²) >= 11 is 0. The highest BCUT2D eigenvalue weighted by molar-refractivity contribution is 5.78. The summed E-state index contributed by atoms with van der Waals surface area (Å²) in [6.45, 7) is 8.54. The molecule has 0 aliphatic rings. The van der Waals surface area contributed by atoms with Gasteiger partial charge >= 0.3 is 0 Å². The smallest absolute Gasteiger partial charge is 0.236 e. The molecule has 0 aromatic heterocycles. The van der Waals surface area contributed by atoms with Crippen LogP contribution in [0.3, 0.4) is 0 Å². The van der Waals surface area contributed by atoms with E-state index in [1.807, 2.05) is 6.92 Å². The average Bonchev–Trinajstić information content (AvgIpc) is 2.20. The van der Waals surface area contributed by atoms with Gasteiger partial charge in [-0.15, -0.1) is 0 Å². The van der Waals surface area contributed by atoms with E-state index in [1.165, 1.54) is 0 Å². The maximum atomic E-state index is 11.7. The number of carbonyl (C=O) groups is 1. The van der Waals surface area contributed by atoms with Gasteiger partial charge in [-0.3, -0.25) is 4.79 Å². The number of hydrogen-bond donors (Lipinski definition) is 1. The number of likely N-dealkylation sites (N-methyl/N-ethyl adjacent to an activating group) is 1. The summed E-state index contributed by atoms with van der Waals surface area (Å²) in [4.78, 5) is 13.5. The molecule has 0 aliphatic heterocycles. The van der Waals surface area contributed by atoms with Gasteiger partial charge < -0.3 is 10.2 Å². The number of rotatable bonds is 7. The second-order valence-corrected chi connectivity index (χ2v) is 3.92. The minimum Gasteiger partial charge on any atom is -0.340 e. The van der Waals surface area contributed by atoms with Crippen LogP contribution in [-0.4, -0.2) is 37.0 Å². The number of amides is 1. The molecule has 0 saturated carbocycles. The summed E-state index contributed by atoms with van der Waals surface area (Å²) in [5.41, 5.74) is 0. The van der Waals surface area contributed by atoms with Gasteiger partial charge in [-0.05, 0) is 12.5 Å². The standard InChI is InChI=1S/C11H21N3O/c1-4-13-8-11(15)14(7-5-6-12)9-10(2)3/h10,13H,4-5,7-9H2,1-3H3. The van der Waals surface area contributed by atoms with Crippen LogP contribution in [0.2, 0.25) is 0 Å². The van der Waals surface area contributed by atoms with Crippen LogP contribution in [0.5, 0.6) is 0 Å². The third-order valence-electron chi connectivity index (χ3n) is 1.96. The first-order valence-corrected chi connectivity index (χ1v) is 5.47. The lowest BCUT2D eigenvalue weighted by Gasteiger charge is -2.23. The molecular weight excluding hydrogens is 190 g/mol. The topological polar surface area (TPSA) is 56.1 Å². The van der Waals surface area contributed by atoms with Crippen LogP contribution in [-0.2, 0) is 4.79 Å². The Morgan fingerprint density at radius 2 is 2.20 bits per heavy atom. The van der Waals surface area contributed by atoms with Crippen molar-refractivity contribution in [1.82, 2.24) is 10.2 Å². The number of nitrogens with one attached hydrogen (secondary N) is 1. The lowest BCUT2D eigenvalue weighted by atomic mass is 10.2. The fraction of sp³-hybridized carbons (Fsp3) is 0.818. The maximum absolute atomic E-state index is 11.7. The number of carbonyl (C=O) groups excluding carboxylic acids is 1. The van der Waals surface area contributed by atoms with Crippen molar-refractivity contribution >= 4 is 5.91 Å². The van der Waals surface area contributed by atoms with Crippen molar-refractivity contribution in [3.8, 4) is 6.07 Å². The summed E-state index contributed by atoms with van der Waals surface area (Å²) in [5, 5.41) is 11.5. The van der Waals surface area contributed by atoms with E-state index in [-0.39, 0.29) is 5.91 Å². The van der Waals surface area contributed by atoms with Gasteiger partial charge in [0.15, 0.2) is 0 Å². The molecule has 0 atom stereocenters. The zero-order valence-electron chi connectivity index (χ0n) is 9.92. The van der Waals surface area contributed by atoms with Crippen LogP contribution in [0, 0.1) is 17.2 Å². The molecule has 86 valence electrons. The van der Waals surface area contributed by atoms with E-state index in [0.29, 0.717) is 25.4 Å². The molecule has 0 fully saturated rings. The lowest BCUT2D eigenvalue weighted by Crippen LogP contribution is -2.40. The first-order chi connectivity index (χ1) is 7.11. The van der Waals surface area contributed by atoms with E-state index < -0.39 is 0 Å². The Hall–Kier alpha value is -1.08. The fourth-order valence-electron chi connectivity index (χ4n) is 1.29. The third kappa shape index (κ3) is 6.92. The van der Waals surface area contributed by atoms with E-state index >= 15 is 0 Å². The van der Waals surface area contributed by atoms with E-state index in [2.05, 4.69) is 25.2 Å². The molecular formula is C11H21N3O. The van der Waals surface area contributed by atoms with Crippen LogP contribution < -0.4 is 5.32 Å². The van der Waals surface area contributed by atoms with Crippen LogP contribution in [0.25, 0.3) is 0 Å². The van der Waals surface area contributed by atoms with Crippen LogP contribution in [0.4, 0.5) is 0 Å². The molecule has 4 nitrogen and oxygen atoms in total. The van der Waals surface area contributed by atoms with Gasteiger partial charge in [-0.25, -0.2) is 0 Å². The van der Waals surface area contributed by atoms with Crippen LogP contribution in [0.15, 0.2) is 0 Å². The molecule has 0 saturated heterocycles. The highest BCUT2D eigenvalue weighted by atomic mass is 16.2. The summed E-state index contributed by atoms with van der Waals surface area (Å²) in [6.07, 6.45) is 0.407.